The van der Waals surface area contributed by atoms with Crippen molar-refractivity contribution in [1.29, 1.82) is 0 Å². The van der Waals surface area contributed by atoms with Crippen LogP contribution >= 0.6 is 0 Å². The molecule has 4 rings (SSSR count). The van der Waals surface area contributed by atoms with E-state index in [-0.39, 0.29) is 17.6 Å². The number of hydrogen-bond acceptors (Lipinski definition) is 5. The molecule has 3 N–H and O–H groups in total. The lowest BCUT2D eigenvalue weighted by atomic mass is 9.72. The molecule has 196 valence electrons. The second-order valence-electron chi connectivity index (χ2n) is 9.80. The summed E-state index contributed by atoms with van der Waals surface area (Å²) in [6.07, 6.45) is 7.56. The molecule has 2 aromatic rings. The molecule has 1 aliphatic heterocycles. The first kappa shape index (κ1) is 27.6. The lowest BCUT2D eigenvalue weighted by Gasteiger charge is -2.47. The van der Waals surface area contributed by atoms with Crippen LogP contribution in [-0.4, -0.2) is 85.2 Å². The van der Waals surface area contributed by atoms with Crippen molar-refractivity contribution in [2.75, 3.05) is 46.3 Å². The van der Waals surface area contributed by atoms with Crippen LogP contribution in [0, 0.1) is 5.92 Å². The molecule has 0 spiro atoms. The summed E-state index contributed by atoms with van der Waals surface area (Å²) in [5.41, 5.74) is 3.97. The molecular formula is C28H41N5O3. The molecule has 1 aromatic heterocycles. The highest BCUT2D eigenvalue weighted by molar-refractivity contribution is 5.88. The smallest absolute Gasteiger partial charge is 0.226 e. The Hall–Kier alpha value is -2.97. The van der Waals surface area contributed by atoms with Crippen LogP contribution in [0.4, 0.5) is 0 Å². The fraction of sp³-hybridized carbons (Fsp3) is 0.536. The van der Waals surface area contributed by atoms with Gasteiger partial charge in [-0.2, -0.15) is 0 Å². The second-order valence-corrected chi connectivity index (χ2v) is 9.80. The summed E-state index contributed by atoms with van der Waals surface area (Å²) in [6, 6.07) is 6.93. The summed E-state index contributed by atoms with van der Waals surface area (Å²) in [4.78, 5) is 41.4. The number of fused-ring (bicyclic) bond motifs is 2. The van der Waals surface area contributed by atoms with E-state index >= 15 is 0 Å². The molecule has 8 heteroatoms. The number of amides is 2. The highest BCUT2D eigenvalue weighted by Crippen LogP contribution is 2.45. The topological polar surface area (TPSA) is 97.5 Å². The molecule has 1 fully saturated rings. The van der Waals surface area contributed by atoms with Crippen LogP contribution in [0.15, 0.2) is 37.1 Å². The highest BCUT2D eigenvalue weighted by Gasteiger charge is 2.42. The van der Waals surface area contributed by atoms with Gasteiger partial charge < -0.3 is 20.5 Å². The number of benzene rings is 1. The molecule has 2 unspecified atom stereocenters. The lowest BCUT2D eigenvalue weighted by Crippen LogP contribution is -2.53. The fourth-order valence-electron chi connectivity index (χ4n) is 5.56. The number of Topliss-reactive ketones (excluding diaryl/α,β-unsaturated/α-hetero) is 1. The van der Waals surface area contributed by atoms with Gasteiger partial charge in [-0.3, -0.25) is 19.3 Å². The van der Waals surface area contributed by atoms with E-state index < -0.39 is 0 Å². The quantitative estimate of drug-likeness (QED) is 0.253. The standard InChI is InChI=1S/C25H34N4O2.C3H7NO/c1-4-10-29-16-19(25(31)28(3)11-6-9-26-14-17(2)30)12-21-20-7-5-8-22-24(20)18(15-27-22)13-23(21)29;1-2-4-3-5/h4-5,7-8,15,19,21,23,26-27H,1,6,9-14,16H2,2-3H3;3H,2H2,1H3,(H,4,5)/t19-,21?,23?;/m1./s1. The first-order chi connectivity index (χ1) is 17.4. The maximum atomic E-state index is 13.3. The fourth-order valence-corrected chi connectivity index (χ4v) is 5.56. The number of aromatic nitrogens is 1. The Labute approximate surface area is 214 Å². The summed E-state index contributed by atoms with van der Waals surface area (Å²) in [6.45, 7) is 11.6. The Bertz CT molecular complexity index is 1050. The molecule has 8 nitrogen and oxygen atoms in total. The van der Waals surface area contributed by atoms with E-state index in [0.717, 1.165) is 45.4 Å². The number of rotatable bonds is 11. The van der Waals surface area contributed by atoms with Crippen molar-refractivity contribution >= 4 is 29.0 Å². The zero-order valence-corrected chi connectivity index (χ0v) is 21.9. The van der Waals surface area contributed by atoms with Gasteiger partial charge in [0.25, 0.3) is 0 Å². The van der Waals surface area contributed by atoms with Crippen molar-refractivity contribution in [3.63, 3.8) is 0 Å². The number of likely N-dealkylation sites (tertiary alicyclic amines) is 1. The molecule has 0 bridgehead atoms. The van der Waals surface area contributed by atoms with Crippen LogP contribution < -0.4 is 10.6 Å². The van der Waals surface area contributed by atoms with Gasteiger partial charge in [-0.05, 0) is 56.8 Å². The van der Waals surface area contributed by atoms with Gasteiger partial charge in [0, 0.05) is 62.3 Å². The number of carbonyl (C=O) groups is 3. The minimum absolute atomic E-state index is 0.00729. The van der Waals surface area contributed by atoms with Crippen molar-refractivity contribution < 1.29 is 14.4 Å². The Morgan fingerprint density at radius 2 is 2.14 bits per heavy atom. The highest BCUT2D eigenvalue weighted by atomic mass is 16.2. The van der Waals surface area contributed by atoms with Crippen LogP contribution in [0.1, 0.15) is 43.7 Å². The number of H-pyrrole nitrogens is 1. The van der Waals surface area contributed by atoms with Crippen LogP contribution in [-0.2, 0) is 20.8 Å². The van der Waals surface area contributed by atoms with Crippen molar-refractivity contribution in [3.05, 3.63) is 48.2 Å². The molecule has 2 aliphatic rings. The largest absolute Gasteiger partial charge is 0.361 e. The predicted octanol–water partition coefficient (Wildman–Crippen LogP) is 2.46. The molecule has 0 radical (unpaired) electrons. The number of piperidine rings is 1. The normalized spacial score (nSPS) is 20.6. The third kappa shape index (κ3) is 6.62. The van der Waals surface area contributed by atoms with Crippen LogP contribution in [0.3, 0.4) is 0 Å². The van der Waals surface area contributed by atoms with Gasteiger partial charge >= 0.3 is 0 Å². The third-order valence-corrected chi connectivity index (χ3v) is 7.17. The molecule has 2 amide bonds. The van der Waals surface area contributed by atoms with E-state index in [4.69, 9.17) is 0 Å². The molecule has 0 saturated carbocycles. The molecular weight excluding hydrogens is 454 g/mol. The Balaban J connectivity index is 0.000000658. The van der Waals surface area contributed by atoms with Crippen molar-refractivity contribution in [3.8, 4) is 0 Å². The van der Waals surface area contributed by atoms with Gasteiger partial charge in [-0.1, -0.05) is 18.2 Å². The SMILES string of the molecule is C=CCN1C[C@H](C(=O)N(C)CCCNCC(C)=O)CC2c3cccc4[nH]cc(c34)CC21.CCNC=O. The summed E-state index contributed by atoms with van der Waals surface area (Å²) >= 11 is 0. The van der Waals surface area contributed by atoms with Gasteiger partial charge in [0.1, 0.15) is 5.78 Å². The molecule has 3 atom stereocenters. The Morgan fingerprint density at radius 1 is 1.33 bits per heavy atom. The van der Waals surface area contributed by atoms with Gasteiger partial charge in [-0.15, -0.1) is 6.58 Å². The Morgan fingerprint density at radius 3 is 2.81 bits per heavy atom. The molecule has 1 aromatic carbocycles. The van der Waals surface area contributed by atoms with Gasteiger partial charge in [0.15, 0.2) is 0 Å². The number of hydrogen-bond donors (Lipinski definition) is 3. The average molecular weight is 496 g/mol. The lowest BCUT2D eigenvalue weighted by molar-refractivity contribution is -0.137. The number of carbonyl (C=O) groups excluding carboxylic acids is 3. The number of nitrogens with zero attached hydrogens (tertiary/aromatic N) is 2. The average Bonchev–Trinajstić information content (AvgIpc) is 3.28. The summed E-state index contributed by atoms with van der Waals surface area (Å²) in [7, 11) is 1.91. The second kappa shape index (κ2) is 13.4. The number of aromatic amines is 1. The zero-order chi connectivity index (χ0) is 26.1. The number of nitrogens with one attached hydrogen (secondary N) is 3. The van der Waals surface area contributed by atoms with Crippen molar-refractivity contribution in [1.82, 2.24) is 25.4 Å². The van der Waals surface area contributed by atoms with Crippen LogP contribution in [0.25, 0.3) is 10.9 Å². The van der Waals surface area contributed by atoms with E-state index in [9.17, 15) is 14.4 Å². The monoisotopic (exact) mass is 495 g/mol. The first-order valence-corrected chi connectivity index (χ1v) is 13.0. The van der Waals surface area contributed by atoms with Crippen LogP contribution in [0.2, 0.25) is 0 Å². The molecule has 36 heavy (non-hydrogen) atoms. The minimum atomic E-state index is -0.00729. The Kier molecular flexibility index (Phi) is 10.3. The summed E-state index contributed by atoms with van der Waals surface area (Å²) < 4.78 is 0. The maximum absolute atomic E-state index is 13.3. The molecule has 1 saturated heterocycles. The van der Waals surface area contributed by atoms with E-state index in [2.05, 4.69) is 51.5 Å². The minimum Gasteiger partial charge on any atom is -0.361 e. The van der Waals surface area contributed by atoms with Crippen molar-refractivity contribution in [2.24, 2.45) is 5.92 Å². The number of ketones is 1. The van der Waals surface area contributed by atoms with E-state index in [1.54, 1.807) is 6.92 Å². The maximum Gasteiger partial charge on any atom is 0.226 e. The van der Waals surface area contributed by atoms with E-state index in [0.29, 0.717) is 31.5 Å². The predicted molar refractivity (Wildman–Crippen MR) is 144 cm³/mol. The summed E-state index contributed by atoms with van der Waals surface area (Å²) in [5.74, 6) is 0.718. The summed E-state index contributed by atoms with van der Waals surface area (Å²) in [5, 5.41) is 6.92. The molecule has 2 heterocycles. The van der Waals surface area contributed by atoms with Crippen molar-refractivity contribution in [2.45, 2.75) is 45.1 Å². The van der Waals surface area contributed by atoms with Crippen LogP contribution in [0.5, 0.6) is 0 Å². The van der Waals surface area contributed by atoms with Gasteiger partial charge in [0.2, 0.25) is 12.3 Å². The van der Waals surface area contributed by atoms with E-state index in [1.165, 1.54) is 22.0 Å². The third-order valence-electron chi connectivity index (χ3n) is 7.17. The molecule has 1 aliphatic carbocycles. The zero-order valence-electron chi connectivity index (χ0n) is 21.9. The van der Waals surface area contributed by atoms with Gasteiger partial charge in [-0.25, -0.2) is 0 Å². The van der Waals surface area contributed by atoms with E-state index in [1.807, 2.05) is 24.9 Å². The van der Waals surface area contributed by atoms with Gasteiger partial charge in [0.05, 0.1) is 12.5 Å². The first-order valence-electron chi connectivity index (χ1n) is 13.0.